The van der Waals surface area contributed by atoms with Gasteiger partial charge in [-0.2, -0.15) is 0 Å². The van der Waals surface area contributed by atoms with Gasteiger partial charge >= 0.3 is 0 Å². The number of benzene rings is 1. The lowest BCUT2D eigenvalue weighted by Gasteiger charge is -2.19. The van der Waals surface area contributed by atoms with Crippen LogP contribution in [0.2, 0.25) is 0 Å². The number of hydrogen-bond acceptors (Lipinski definition) is 3. The van der Waals surface area contributed by atoms with Crippen LogP contribution in [0, 0.1) is 0 Å². The maximum Gasteiger partial charge on any atom is 0.104 e. The smallest absolute Gasteiger partial charge is 0.104 e. The molecule has 0 spiro atoms. The van der Waals surface area contributed by atoms with Gasteiger partial charge < -0.3 is 15.7 Å². The van der Waals surface area contributed by atoms with Crippen molar-refractivity contribution in [2.45, 2.75) is 19.3 Å². The first kappa shape index (κ1) is 13.9. The molecule has 0 aliphatic heterocycles. The number of unbranched alkanes of at least 4 members (excludes halogenated alkanes) is 2. The second-order valence-corrected chi connectivity index (χ2v) is 4.56. The largest absolute Gasteiger partial charge is 0.396 e. The van der Waals surface area contributed by atoms with Crippen LogP contribution in [0.1, 0.15) is 24.8 Å². The van der Waals surface area contributed by atoms with Gasteiger partial charge in [-0.05, 0) is 31.4 Å². The quantitative estimate of drug-likeness (QED) is 0.575. The second kappa shape index (κ2) is 7.25. The van der Waals surface area contributed by atoms with Crippen LogP contribution < -0.4 is 10.6 Å². The second-order valence-electron chi connectivity index (χ2n) is 4.12. The Balaban J connectivity index is 2.53. The molecule has 3 nitrogen and oxygen atoms in total. The van der Waals surface area contributed by atoms with Gasteiger partial charge in [0, 0.05) is 31.5 Å². The van der Waals surface area contributed by atoms with Crippen molar-refractivity contribution in [2.75, 3.05) is 25.1 Å². The number of nitrogens with two attached hydrogens (primary N) is 1. The molecule has 0 amide bonds. The lowest BCUT2D eigenvalue weighted by atomic mass is 10.1. The molecule has 3 N–H and O–H groups in total. The van der Waals surface area contributed by atoms with Gasteiger partial charge in [-0.3, -0.25) is 0 Å². The number of thiocarbonyl (C=S) groups is 1. The van der Waals surface area contributed by atoms with E-state index in [1.54, 1.807) is 0 Å². The fraction of sp³-hybridized carbons (Fsp3) is 0.462. The highest BCUT2D eigenvalue weighted by Gasteiger charge is 2.03. The number of aliphatic hydroxyl groups excluding tert-OH is 1. The predicted octanol–water partition coefficient (Wildman–Crippen LogP) is 1.92. The molecule has 0 fully saturated rings. The molecule has 0 bridgehead atoms. The molecular weight excluding hydrogens is 232 g/mol. The van der Waals surface area contributed by atoms with Gasteiger partial charge in [-0.1, -0.05) is 24.4 Å². The molecule has 0 aliphatic carbocycles. The maximum atomic E-state index is 8.70. The Morgan fingerprint density at radius 1 is 1.35 bits per heavy atom. The average molecular weight is 252 g/mol. The minimum atomic E-state index is 0.278. The Morgan fingerprint density at radius 3 is 2.76 bits per heavy atom. The summed E-state index contributed by atoms with van der Waals surface area (Å²) in [6.45, 7) is 1.25. The van der Waals surface area contributed by atoms with E-state index in [4.69, 9.17) is 23.1 Å². The third-order valence-electron chi connectivity index (χ3n) is 2.72. The zero-order valence-corrected chi connectivity index (χ0v) is 11.0. The summed E-state index contributed by atoms with van der Waals surface area (Å²) in [7, 11) is 2.05. The first-order valence-electron chi connectivity index (χ1n) is 5.87. The minimum Gasteiger partial charge on any atom is -0.396 e. The van der Waals surface area contributed by atoms with Crippen LogP contribution in [-0.4, -0.2) is 30.3 Å². The summed E-state index contributed by atoms with van der Waals surface area (Å²) in [6.07, 6.45) is 3.00. The van der Waals surface area contributed by atoms with Crippen LogP contribution in [0.3, 0.4) is 0 Å². The van der Waals surface area contributed by atoms with Crippen LogP contribution in [0.15, 0.2) is 24.3 Å². The topological polar surface area (TPSA) is 49.5 Å². The molecule has 1 rings (SSSR count). The monoisotopic (exact) mass is 252 g/mol. The predicted molar refractivity (Wildman–Crippen MR) is 76.5 cm³/mol. The molecule has 1 aromatic rings. The molecule has 0 aliphatic rings. The Morgan fingerprint density at radius 2 is 2.12 bits per heavy atom. The summed E-state index contributed by atoms with van der Waals surface area (Å²) in [5.41, 5.74) is 7.63. The summed E-state index contributed by atoms with van der Waals surface area (Å²) >= 11 is 4.96. The van der Waals surface area contributed by atoms with Gasteiger partial charge in [0.2, 0.25) is 0 Å². The number of rotatable bonds is 7. The molecule has 17 heavy (non-hydrogen) atoms. The van der Waals surface area contributed by atoms with Crippen molar-refractivity contribution in [1.29, 1.82) is 0 Å². The van der Waals surface area contributed by atoms with Gasteiger partial charge in [0.1, 0.15) is 4.99 Å². The zero-order valence-electron chi connectivity index (χ0n) is 10.2. The summed E-state index contributed by atoms with van der Waals surface area (Å²) in [6, 6.07) is 7.95. The molecule has 0 atom stereocenters. The van der Waals surface area contributed by atoms with E-state index in [0.29, 0.717) is 4.99 Å². The van der Waals surface area contributed by atoms with Crippen LogP contribution in [-0.2, 0) is 0 Å². The minimum absolute atomic E-state index is 0.278. The van der Waals surface area contributed by atoms with Crippen molar-refractivity contribution in [3.8, 4) is 0 Å². The number of hydrogen-bond donors (Lipinski definition) is 2. The lowest BCUT2D eigenvalue weighted by Crippen LogP contribution is -2.19. The van der Waals surface area contributed by atoms with Crippen molar-refractivity contribution in [3.63, 3.8) is 0 Å². The maximum absolute atomic E-state index is 8.70. The average Bonchev–Trinajstić information content (AvgIpc) is 2.34. The fourth-order valence-corrected chi connectivity index (χ4v) is 1.79. The van der Waals surface area contributed by atoms with E-state index in [0.717, 1.165) is 37.1 Å². The molecule has 4 heteroatoms. The van der Waals surface area contributed by atoms with E-state index in [2.05, 4.69) is 11.9 Å². The normalized spacial score (nSPS) is 10.2. The van der Waals surface area contributed by atoms with E-state index in [1.807, 2.05) is 24.3 Å². The van der Waals surface area contributed by atoms with E-state index < -0.39 is 0 Å². The van der Waals surface area contributed by atoms with Crippen LogP contribution in [0.4, 0.5) is 5.69 Å². The Hall–Kier alpha value is -1.13. The lowest BCUT2D eigenvalue weighted by molar-refractivity contribution is 0.283. The third-order valence-corrected chi connectivity index (χ3v) is 2.96. The highest BCUT2D eigenvalue weighted by Crippen LogP contribution is 2.15. The molecule has 0 radical (unpaired) electrons. The molecule has 94 valence electrons. The number of anilines is 1. The first-order valence-corrected chi connectivity index (χ1v) is 6.28. The van der Waals surface area contributed by atoms with Crippen molar-refractivity contribution in [2.24, 2.45) is 5.73 Å². The molecular formula is C13H20N2OS. The highest BCUT2D eigenvalue weighted by molar-refractivity contribution is 7.80. The summed E-state index contributed by atoms with van der Waals surface area (Å²) in [5.74, 6) is 0. The number of aliphatic hydroxyl groups is 1. The van der Waals surface area contributed by atoms with Crippen molar-refractivity contribution in [1.82, 2.24) is 0 Å². The van der Waals surface area contributed by atoms with Crippen molar-refractivity contribution in [3.05, 3.63) is 29.8 Å². The Bertz CT molecular complexity index is 368. The Kier molecular flexibility index (Phi) is 5.94. The standard InChI is InChI=1S/C13H20N2OS/c1-15(8-3-2-4-9-16)12-7-5-6-11(10-12)13(14)17/h5-7,10,16H,2-4,8-9H2,1H3,(H2,14,17). The molecule has 0 unspecified atom stereocenters. The van der Waals surface area contributed by atoms with E-state index in [-0.39, 0.29) is 6.61 Å². The molecule has 0 saturated heterocycles. The first-order chi connectivity index (χ1) is 8.15. The number of nitrogens with zero attached hydrogens (tertiary/aromatic N) is 1. The van der Waals surface area contributed by atoms with E-state index in [9.17, 15) is 0 Å². The van der Waals surface area contributed by atoms with Crippen LogP contribution >= 0.6 is 12.2 Å². The van der Waals surface area contributed by atoms with Gasteiger partial charge in [-0.25, -0.2) is 0 Å². The molecule has 0 aromatic heterocycles. The van der Waals surface area contributed by atoms with E-state index >= 15 is 0 Å². The molecule has 0 heterocycles. The fourth-order valence-electron chi connectivity index (χ4n) is 1.66. The molecule has 0 saturated carbocycles. The summed E-state index contributed by atoms with van der Waals surface area (Å²) < 4.78 is 0. The van der Waals surface area contributed by atoms with E-state index in [1.165, 1.54) is 0 Å². The zero-order chi connectivity index (χ0) is 12.7. The van der Waals surface area contributed by atoms with Crippen molar-refractivity contribution >= 4 is 22.9 Å². The van der Waals surface area contributed by atoms with Gasteiger partial charge in [0.15, 0.2) is 0 Å². The van der Waals surface area contributed by atoms with Crippen LogP contribution in [0.25, 0.3) is 0 Å². The summed E-state index contributed by atoms with van der Waals surface area (Å²) in [5, 5.41) is 8.70. The molecule has 1 aromatic carbocycles. The highest BCUT2D eigenvalue weighted by atomic mass is 32.1. The third kappa shape index (κ3) is 4.71. The summed E-state index contributed by atoms with van der Waals surface area (Å²) in [4.78, 5) is 2.61. The Labute approximate surface area is 108 Å². The van der Waals surface area contributed by atoms with Gasteiger partial charge in [-0.15, -0.1) is 0 Å². The van der Waals surface area contributed by atoms with Gasteiger partial charge in [0.25, 0.3) is 0 Å². The van der Waals surface area contributed by atoms with Crippen molar-refractivity contribution < 1.29 is 5.11 Å². The van der Waals surface area contributed by atoms with Crippen LogP contribution in [0.5, 0.6) is 0 Å². The van der Waals surface area contributed by atoms with Gasteiger partial charge in [0.05, 0.1) is 0 Å². The SMILES string of the molecule is CN(CCCCCO)c1cccc(C(N)=S)c1.